The molecule has 4 aliphatic carbocycles. The fraction of sp³-hybridized carbons (Fsp3) is 0.825. The third-order valence-electron chi connectivity index (χ3n) is 15.5. The van der Waals surface area contributed by atoms with Gasteiger partial charge < -0.3 is 54.3 Å². The number of benzene rings is 1. The zero-order chi connectivity index (χ0) is 37.0. The van der Waals surface area contributed by atoms with Crippen LogP contribution < -0.4 is 0 Å². The molecule has 0 radical (unpaired) electrons. The lowest BCUT2D eigenvalue weighted by atomic mass is 9.42. The summed E-state index contributed by atoms with van der Waals surface area (Å²) in [5, 5.41) is 66.6. The third-order valence-corrected chi connectivity index (χ3v) is 15.5. The molecule has 0 unspecified atom stereocenters. The van der Waals surface area contributed by atoms with Crippen molar-refractivity contribution in [1.82, 2.24) is 0 Å². The standard InChI is InChI=1S/C40H58O12/c1-20-10-13-40(48-19-20)21(2)31-26(52-40)15-25-23-14-30(42)39(47)17-28(49-35(46)22-8-6-5-7-9-22)27(16-38(39,4)24(23)11-12-37(25,31)3)50-36-34(45)33(44)32(43)29(18-41)51-36/h5-9,20-21,23-34,36,41-45,47H,10-19H2,1-4H3/t20-,21+,23-,24+,25+,26+,27-,28-,29-,30-,31+,32-,33+,34-,36-,37+,38-,39+,40-/m1/s1. The van der Waals surface area contributed by atoms with E-state index in [1.807, 2.05) is 6.92 Å². The van der Waals surface area contributed by atoms with Gasteiger partial charge in [-0.2, -0.15) is 0 Å². The van der Waals surface area contributed by atoms with Crippen LogP contribution in [-0.2, 0) is 23.7 Å². The molecule has 3 saturated heterocycles. The summed E-state index contributed by atoms with van der Waals surface area (Å²) in [6.07, 6.45) is -5.41. The van der Waals surface area contributed by atoms with Crippen molar-refractivity contribution in [1.29, 1.82) is 0 Å². The molecule has 1 aromatic carbocycles. The van der Waals surface area contributed by atoms with E-state index in [1.165, 1.54) is 0 Å². The van der Waals surface area contributed by atoms with Crippen LogP contribution in [0.25, 0.3) is 0 Å². The summed E-state index contributed by atoms with van der Waals surface area (Å²) in [5.41, 5.74) is -2.22. The van der Waals surface area contributed by atoms with Crippen LogP contribution in [0.15, 0.2) is 30.3 Å². The summed E-state index contributed by atoms with van der Waals surface area (Å²) in [6, 6.07) is 8.48. The van der Waals surface area contributed by atoms with E-state index in [9.17, 15) is 35.4 Å². The summed E-state index contributed by atoms with van der Waals surface area (Å²) >= 11 is 0. The molecule has 3 aliphatic heterocycles. The highest BCUT2D eigenvalue weighted by molar-refractivity contribution is 5.89. The van der Waals surface area contributed by atoms with Gasteiger partial charge in [0, 0.05) is 24.2 Å². The molecule has 0 bridgehead atoms. The van der Waals surface area contributed by atoms with Crippen LogP contribution in [-0.4, -0.2) is 116 Å². The van der Waals surface area contributed by atoms with Crippen molar-refractivity contribution in [3.63, 3.8) is 0 Å². The largest absolute Gasteiger partial charge is 0.456 e. The molecule has 12 nitrogen and oxygen atoms in total. The Morgan fingerprint density at radius 2 is 1.67 bits per heavy atom. The van der Waals surface area contributed by atoms with Crippen molar-refractivity contribution in [2.45, 2.75) is 146 Å². The minimum Gasteiger partial charge on any atom is -0.456 e. The molecular weight excluding hydrogens is 672 g/mol. The lowest BCUT2D eigenvalue weighted by Crippen LogP contribution is -2.71. The zero-order valence-corrected chi connectivity index (χ0v) is 30.8. The maximum atomic E-state index is 13.4. The number of aliphatic hydroxyl groups is 6. The molecule has 19 atom stereocenters. The molecule has 3 heterocycles. The number of ether oxygens (including phenoxy) is 5. The van der Waals surface area contributed by atoms with E-state index in [4.69, 9.17) is 23.7 Å². The summed E-state index contributed by atoms with van der Waals surface area (Å²) in [4.78, 5) is 13.4. The monoisotopic (exact) mass is 730 g/mol. The quantitative estimate of drug-likeness (QED) is 0.193. The Kier molecular flexibility index (Phi) is 9.45. The summed E-state index contributed by atoms with van der Waals surface area (Å²) in [7, 11) is 0. The van der Waals surface area contributed by atoms with Crippen LogP contribution in [0.5, 0.6) is 0 Å². The van der Waals surface area contributed by atoms with Crippen LogP contribution >= 0.6 is 0 Å². The molecule has 0 amide bonds. The Morgan fingerprint density at radius 3 is 2.37 bits per heavy atom. The lowest BCUT2D eigenvalue weighted by Gasteiger charge is -2.66. The molecular formula is C40H58O12. The lowest BCUT2D eigenvalue weighted by molar-refractivity contribution is -0.339. The summed E-state index contributed by atoms with van der Waals surface area (Å²) < 4.78 is 31.7. The SMILES string of the molecule is C[C@@H]1CC[C@@]2(OC1)O[C@H]1C[C@H]3[C@@H]4C[C@@H](O)[C@@]5(O)C[C@@H](OC(=O)c6ccccc6)[C@H](O[C@@H]6O[C@H](CO)[C@@H](O)[C@H](O)[C@H]6O)C[C@]5(C)[C@H]4CC[C@]3(C)[C@H]1[C@@H]2C. The van der Waals surface area contributed by atoms with Crippen molar-refractivity contribution in [2.24, 2.45) is 46.3 Å². The van der Waals surface area contributed by atoms with Crippen LogP contribution in [0.2, 0.25) is 0 Å². The highest BCUT2D eigenvalue weighted by Gasteiger charge is 2.73. The van der Waals surface area contributed by atoms with Crippen LogP contribution in [0.4, 0.5) is 0 Å². The number of carbonyl (C=O) groups is 1. The molecule has 52 heavy (non-hydrogen) atoms. The first-order chi connectivity index (χ1) is 24.7. The zero-order valence-electron chi connectivity index (χ0n) is 30.8. The molecule has 0 aromatic heterocycles. The van der Waals surface area contributed by atoms with Gasteiger partial charge in [0.1, 0.15) is 30.5 Å². The summed E-state index contributed by atoms with van der Waals surface area (Å²) in [5.74, 6) is 0.289. The predicted octanol–water partition coefficient (Wildman–Crippen LogP) is 2.54. The van der Waals surface area contributed by atoms with Gasteiger partial charge in [-0.1, -0.05) is 45.9 Å². The van der Waals surface area contributed by atoms with Gasteiger partial charge >= 0.3 is 5.97 Å². The van der Waals surface area contributed by atoms with Crippen molar-refractivity contribution in [2.75, 3.05) is 13.2 Å². The van der Waals surface area contributed by atoms with E-state index in [-0.39, 0.29) is 48.0 Å². The summed E-state index contributed by atoms with van der Waals surface area (Å²) in [6.45, 7) is 9.04. The molecule has 1 spiro atoms. The second-order valence-corrected chi connectivity index (χ2v) is 18.1. The molecule has 8 rings (SSSR count). The first kappa shape index (κ1) is 37.2. The fourth-order valence-corrected chi connectivity index (χ4v) is 12.6. The average molecular weight is 731 g/mol. The van der Waals surface area contributed by atoms with Crippen molar-refractivity contribution < 1.29 is 59.1 Å². The Balaban J connectivity index is 1.09. The molecule has 1 aromatic rings. The van der Waals surface area contributed by atoms with E-state index < -0.39 is 78.4 Å². The van der Waals surface area contributed by atoms with E-state index >= 15 is 0 Å². The van der Waals surface area contributed by atoms with Gasteiger partial charge in [0.15, 0.2) is 12.1 Å². The highest BCUT2D eigenvalue weighted by atomic mass is 16.7. The molecule has 4 saturated carbocycles. The fourth-order valence-electron chi connectivity index (χ4n) is 12.6. The van der Waals surface area contributed by atoms with Crippen molar-refractivity contribution in [3.05, 3.63) is 35.9 Å². The number of hydrogen-bond donors (Lipinski definition) is 6. The van der Waals surface area contributed by atoms with E-state index in [0.29, 0.717) is 30.4 Å². The normalized spacial score (nSPS) is 54.2. The third kappa shape index (κ3) is 5.49. The maximum Gasteiger partial charge on any atom is 0.338 e. The van der Waals surface area contributed by atoms with Crippen LogP contribution in [0.3, 0.4) is 0 Å². The Labute approximate surface area is 305 Å². The number of carbonyl (C=O) groups excluding carboxylic acids is 1. The van der Waals surface area contributed by atoms with Gasteiger partial charge in [0.25, 0.3) is 0 Å². The number of aliphatic hydroxyl groups excluding tert-OH is 5. The number of esters is 1. The van der Waals surface area contributed by atoms with E-state index in [2.05, 4.69) is 20.8 Å². The van der Waals surface area contributed by atoms with Crippen LogP contribution in [0, 0.1) is 46.3 Å². The Hall–Kier alpha value is -1.71. The van der Waals surface area contributed by atoms with Gasteiger partial charge in [0.05, 0.1) is 42.7 Å². The predicted molar refractivity (Wildman–Crippen MR) is 184 cm³/mol. The van der Waals surface area contributed by atoms with Crippen LogP contribution in [0.1, 0.15) is 89.4 Å². The van der Waals surface area contributed by atoms with Gasteiger partial charge in [-0.15, -0.1) is 0 Å². The number of hydrogen-bond acceptors (Lipinski definition) is 12. The van der Waals surface area contributed by atoms with Crippen molar-refractivity contribution >= 4 is 5.97 Å². The minimum absolute atomic E-state index is 0.000485. The Bertz CT molecular complexity index is 1470. The highest BCUT2D eigenvalue weighted by Crippen LogP contribution is 2.72. The number of rotatable bonds is 5. The average Bonchev–Trinajstić information content (AvgIpc) is 3.57. The Morgan fingerprint density at radius 1 is 0.923 bits per heavy atom. The molecule has 7 aliphatic rings. The van der Waals surface area contributed by atoms with E-state index in [0.717, 1.165) is 32.1 Å². The van der Waals surface area contributed by atoms with E-state index in [1.54, 1.807) is 30.3 Å². The minimum atomic E-state index is -1.66. The molecule has 290 valence electrons. The molecule has 6 N–H and O–H groups in total. The van der Waals surface area contributed by atoms with Crippen molar-refractivity contribution in [3.8, 4) is 0 Å². The first-order valence-corrected chi connectivity index (χ1v) is 19.6. The smallest absolute Gasteiger partial charge is 0.338 e. The van der Waals surface area contributed by atoms with Gasteiger partial charge in [-0.25, -0.2) is 4.79 Å². The maximum absolute atomic E-state index is 13.4. The van der Waals surface area contributed by atoms with Gasteiger partial charge in [-0.05, 0) is 85.7 Å². The number of fused-ring (bicyclic) bond motifs is 7. The first-order valence-electron chi connectivity index (χ1n) is 19.6. The molecule has 12 heteroatoms. The molecule has 7 fully saturated rings. The second-order valence-electron chi connectivity index (χ2n) is 18.1. The topological polar surface area (TPSA) is 185 Å². The van der Waals surface area contributed by atoms with Gasteiger partial charge in [-0.3, -0.25) is 0 Å². The van der Waals surface area contributed by atoms with Gasteiger partial charge in [0.2, 0.25) is 0 Å². The second kappa shape index (κ2) is 13.2.